The molecule has 0 radical (unpaired) electrons. The number of rotatable bonds is 9. The second-order valence-corrected chi connectivity index (χ2v) is 14.1. The Balaban J connectivity index is 1.70. The van der Waals surface area contributed by atoms with Crippen molar-refractivity contribution in [3.8, 4) is 22.4 Å². The van der Waals surface area contributed by atoms with Gasteiger partial charge in [0.05, 0.1) is 35.7 Å². The van der Waals surface area contributed by atoms with E-state index in [1.54, 1.807) is 32.0 Å². The normalized spacial score (nSPS) is 19.3. The number of benzene rings is 1. The molecule has 2 atom stereocenters. The Bertz CT molecular complexity index is 1800. The highest BCUT2D eigenvalue weighted by atomic mass is 32.2. The maximum Gasteiger partial charge on any atom is 0.305 e. The quantitative estimate of drug-likeness (QED) is 0.270. The highest BCUT2D eigenvalue weighted by Crippen LogP contribution is 2.42. The Labute approximate surface area is 270 Å². The molecule has 0 saturated carbocycles. The first-order chi connectivity index (χ1) is 21.7. The van der Waals surface area contributed by atoms with Gasteiger partial charge in [0, 0.05) is 17.5 Å². The van der Waals surface area contributed by atoms with E-state index in [0.29, 0.717) is 42.6 Å². The molecule has 1 saturated heterocycles. The van der Waals surface area contributed by atoms with Crippen molar-refractivity contribution in [1.82, 2.24) is 9.97 Å². The lowest BCUT2D eigenvalue weighted by Gasteiger charge is -2.39. The minimum absolute atomic E-state index is 0.0700. The van der Waals surface area contributed by atoms with Crippen LogP contribution in [0.25, 0.3) is 28.5 Å². The molecule has 14 heteroatoms. The number of nitrogens with zero attached hydrogens (tertiary/aromatic N) is 3. The first-order valence-electron chi connectivity index (χ1n) is 14.9. The van der Waals surface area contributed by atoms with Gasteiger partial charge >= 0.3 is 5.97 Å². The number of fused-ring (bicyclic) bond motifs is 3. The van der Waals surface area contributed by atoms with E-state index in [2.05, 4.69) is 4.98 Å². The van der Waals surface area contributed by atoms with Crippen molar-refractivity contribution in [2.75, 3.05) is 3.71 Å². The summed E-state index contributed by atoms with van der Waals surface area (Å²) in [5.74, 6) is -2.62. The van der Waals surface area contributed by atoms with Crippen molar-refractivity contribution in [1.29, 1.82) is 0 Å². The largest absolute Gasteiger partial charge is 0.481 e. The van der Waals surface area contributed by atoms with Gasteiger partial charge in [0.1, 0.15) is 5.82 Å². The predicted molar refractivity (Wildman–Crippen MR) is 172 cm³/mol. The van der Waals surface area contributed by atoms with Crippen LogP contribution in [0.15, 0.2) is 42.5 Å². The summed E-state index contributed by atoms with van der Waals surface area (Å²) in [5, 5.41) is 9.37. The van der Waals surface area contributed by atoms with E-state index in [9.17, 15) is 31.1 Å². The Morgan fingerprint density at radius 2 is 1.76 bits per heavy atom. The number of aryl methyl sites for hydroxylation is 1. The summed E-state index contributed by atoms with van der Waals surface area (Å²) in [4.78, 5) is 21.0. The zero-order valence-corrected chi connectivity index (χ0v) is 27.6. The lowest BCUT2D eigenvalue weighted by molar-refractivity contribution is -0.290. The molecule has 2 aliphatic rings. The molecule has 1 aliphatic heterocycles. The molecule has 246 valence electrons. The number of pyridine rings is 2. The van der Waals surface area contributed by atoms with Crippen LogP contribution in [-0.2, 0) is 48.9 Å². The number of anilines is 1. The molecule has 1 fully saturated rings. The van der Waals surface area contributed by atoms with Crippen molar-refractivity contribution in [2.24, 2.45) is 0 Å². The van der Waals surface area contributed by atoms with Crippen LogP contribution in [0.3, 0.4) is 0 Å². The van der Waals surface area contributed by atoms with Gasteiger partial charge in [-0.15, -0.1) is 0 Å². The van der Waals surface area contributed by atoms with E-state index in [0.717, 1.165) is 27.9 Å². The molecule has 5 rings (SSSR count). The van der Waals surface area contributed by atoms with Crippen molar-refractivity contribution in [3.63, 3.8) is 0 Å². The number of hydrogen-bond donors (Lipinski definition) is 3. The number of hydrogen-bond acceptors (Lipinski definition) is 9. The molecule has 1 aromatic carbocycles. The van der Waals surface area contributed by atoms with Gasteiger partial charge in [0.15, 0.2) is 11.6 Å². The molecule has 0 unspecified atom stereocenters. The standard InChI is InChI=1S/C32H36FN3O8S2/c1-18(2)30-25(13-12-21-16-22(17-28(37)38)44-32(3,4)43-21)29(19-8-10-20(33)11-9-19)24-6-5-7-26-23(31(24)35-30)14-15-27(34-26)36(45(39)40)46(41)42/h8-15,18,21-22,45-46H,5-7,16-17H2,1-4H3,(H,37,38)/b13-12+/t21-,22-/m1/s1. The molecule has 0 spiro atoms. The number of carbonyl (C=O) groups is 1. The summed E-state index contributed by atoms with van der Waals surface area (Å²) in [5.41, 5.74) is 5.88. The molecule has 1 aliphatic carbocycles. The third-order valence-electron chi connectivity index (χ3n) is 7.87. The van der Waals surface area contributed by atoms with Gasteiger partial charge in [-0.05, 0) is 80.0 Å². The number of thiol groups is 2. The first kappa shape index (κ1) is 33.6. The summed E-state index contributed by atoms with van der Waals surface area (Å²) in [7, 11) is -6.92. The zero-order valence-electron chi connectivity index (χ0n) is 25.8. The molecule has 3 aromatic rings. The average molecular weight is 674 g/mol. The summed E-state index contributed by atoms with van der Waals surface area (Å²) in [6.45, 7) is 7.50. The fourth-order valence-corrected chi connectivity index (χ4v) is 7.17. The van der Waals surface area contributed by atoms with Gasteiger partial charge in [-0.1, -0.05) is 38.1 Å². The average Bonchev–Trinajstić information content (AvgIpc) is 3.13. The maximum atomic E-state index is 14.1. The number of carboxylic acid groups (broad SMARTS) is 1. The highest BCUT2D eigenvalue weighted by Gasteiger charge is 2.36. The first-order valence-corrected chi connectivity index (χ1v) is 17.2. The third kappa shape index (κ3) is 7.30. The van der Waals surface area contributed by atoms with Crippen LogP contribution >= 0.6 is 0 Å². The fraction of sp³-hybridized carbons (Fsp3) is 0.406. The van der Waals surface area contributed by atoms with Crippen molar-refractivity contribution < 1.29 is 40.6 Å². The summed E-state index contributed by atoms with van der Waals surface area (Å²) in [6.07, 6.45) is 4.66. The summed E-state index contributed by atoms with van der Waals surface area (Å²) in [6, 6.07) is 9.21. The van der Waals surface area contributed by atoms with Crippen LogP contribution in [-0.4, -0.2) is 55.9 Å². The van der Waals surface area contributed by atoms with Gasteiger partial charge in [0.25, 0.3) is 0 Å². The van der Waals surface area contributed by atoms with Gasteiger partial charge < -0.3 is 14.6 Å². The van der Waals surface area contributed by atoms with E-state index in [-0.39, 0.29) is 27.7 Å². The lowest BCUT2D eigenvalue weighted by Crippen LogP contribution is -2.44. The maximum absolute atomic E-state index is 14.1. The topological polar surface area (TPSA) is 153 Å². The van der Waals surface area contributed by atoms with Crippen LogP contribution < -0.4 is 3.71 Å². The number of aromatic nitrogens is 2. The number of ether oxygens (including phenoxy) is 2. The van der Waals surface area contributed by atoms with Crippen LogP contribution in [0.1, 0.15) is 75.4 Å². The minimum atomic E-state index is -3.46. The lowest BCUT2D eigenvalue weighted by atomic mass is 9.86. The van der Waals surface area contributed by atoms with Crippen LogP contribution in [0.2, 0.25) is 0 Å². The van der Waals surface area contributed by atoms with Gasteiger partial charge in [-0.2, -0.15) is 3.71 Å². The van der Waals surface area contributed by atoms with E-state index in [4.69, 9.17) is 14.5 Å². The molecular formula is C32H36FN3O8S2. The molecule has 11 nitrogen and oxygen atoms in total. The van der Waals surface area contributed by atoms with E-state index >= 15 is 0 Å². The fourth-order valence-electron chi connectivity index (χ4n) is 6.14. The van der Waals surface area contributed by atoms with Crippen molar-refractivity contribution >= 4 is 39.6 Å². The van der Waals surface area contributed by atoms with Crippen molar-refractivity contribution in [2.45, 2.75) is 83.7 Å². The Morgan fingerprint density at radius 3 is 2.39 bits per heavy atom. The molecular weight excluding hydrogens is 637 g/mol. The Morgan fingerprint density at radius 1 is 1.07 bits per heavy atom. The highest BCUT2D eigenvalue weighted by molar-refractivity contribution is 7.92. The summed E-state index contributed by atoms with van der Waals surface area (Å²) >= 11 is 0. The molecule has 0 bridgehead atoms. The third-order valence-corrected chi connectivity index (χ3v) is 9.78. The molecule has 2 aromatic heterocycles. The van der Waals surface area contributed by atoms with Crippen LogP contribution in [0.5, 0.6) is 0 Å². The SMILES string of the molecule is CC(C)c1nc2c(c(-c3ccc(F)cc3)c1/C=C/[C@@H]1C[C@H](CC(=O)O)OC(C)(C)O1)CCCc1nc(N([SH](=O)=O)[SH](=O)=O)ccc1-2. The summed E-state index contributed by atoms with van der Waals surface area (Å²) < 4.78 is 73.1. The van der Waals surface area contributed by atoms with Gasteiger partial charge in [-0.25, -0.2) is 26.2 Å². The van der Waals surface area contributed by atoms with E-state index < -0.39 is 45.7 Å². The van der Waals surface area contributed by atoms with Crippen molar-refractivity contribution in [3.05, 3.63) is 70.8 Å². The molecule has 46 heavy (non-hydrogen) atoms. The number of halogens is 1. The smallest absolute Gasteiger partial charge is 0.305 e. The molecule has 3 heterocycles. The van der Waals surface area contributed by atoms with E-state index in [1.165, 1.54) is 18.2 Å². The predicted octanol–water partition coefficient (Wildman–Crippen LogP) is 4.82. The van der Waals surface area contributed by atoms with Gasteiger partial charge in [0.2, 0.25) is 21.8 Å². The minimum Gasteiger partial charge on any atom is -0.481 e. The monoisotopic (exact) mass is 673 g/mol. The zero-order chi connectivity index (χ0) is 33.3. The number of carboxylic acids is 1. The Hall–Kier alpha value is -3.72. The second-order valence-electron chi connectivity index (χ2n) is 12.0. The molecule has 1 N–H and O–H groups in total. The molecule has 0 amide bonds. The van der Waals surface area contributed by atoms with E-state index in [1.807, 2.05) is 26.0 Å². The second kappa shape index (κ2) is 13.6. The number of aliphatic carboxylic acids is 1. The van der Waals surface area contributed by atoms with Gasteiger partial charge in [-0.3, -0.25) is 9.78 Å². The van der Waals surface area contributed by atoms with Crippen LogP contribution in [0, 0.1) is 5.82 Å². The Kier molecular flexibility index (Phi) is 9.92. The van der Waals surface area contributed by atoms with Crippen LogP contribution in [0.4, 0.5) is 10.2 Å².